The van der Waals surface area contributed by atoms with E-state index in [1.54, 1.807) is 0 Å². The summed E-state index contributed by atoms with van der Waals surface area (Å²) in [6.45, 7) is 4.52. The molecule has 1 fully saturated rings. The Hall–Kier alpha value is -1.02. The quantitative estimate of drug-likeness (QED) is 0.811. The average Bonchev–Trinajstić information content (AvgIpc) is 3.14. The molecule has 0 bridgehead atoms. The van der Waals surface area contributed by atoms with Crippen LogP contribution >= 0.6 is 0 Å². The molecular formula is C15H23NO. The van der Waals surface area contributed by atoms with Crippen LogP contribution in [-0.2, 0) is 0 Å². The molecule has 0 saturated heterocycles. The first-order chi connectivity index (χ1) is 8.24. The summed E-state index contributed by atoms with van der Waals surface area (Å²) < 4.78 is 5.85. The molecule has 1 aromatic rings. The number of nitrogens with one attached hydrogen (secondary N) is 1. The highest BCUT2D eigenvalue weighted by Gasteiger charge is 2.24. The van der Waals surface area contributed by atoms with Gasteiger partial charge in [0.15, 0.2) is 0 Å². The zero-order chi connectivity index (χ0) is 12.3. The first kappa shape index (κ1) is 12.4. The van der Waals surface area contributed by atoms with Crippen LogP contribution in [0, 0.1) is 5.92 Å². The van der Waals surface area contributed by atoms with Crippen LogP contribution in [0.2, 0.25) is 0 Å². The molecule has 0 radical (unpaired) electrons. The summed E-state index contributed by atoms with van der Waals surface area (Å²) in [5.74, 6) is 1.66. The van der Waals surface area contributed by atoms with Gasteiger partial charge in [0.25, 0.3) is 0 Å². The largest absolute Gasteiger partial charge is 0.490 e. The van der Waals surface area contributed by atoms with E-state index >= 15 is 0 Å². The van der Waals surface area contributed by atoms with Crippen LogP contribution in [0.25, 0.3) is 0 Å². The molecule has 1 aromatic carbocycles. The Labute approximate surface area is 104 Å². The molecular weight excluding hydrogens is 210 g/mol. The SMILES string of the molecule is CCC(C)C(NC)c1cccc(OC2CC2)c1. The van der Waals surface area contributed by atoms with Gasteiger partial charge in [-0.1, -0.05) is 32.4 Å². The Morgan fingerprint density at radius 2 is 2.18 bits per heavy atom. The van der Waals surface area contributed by atoms with Crippen LogP contribution in [0.1, 0.15) is 44.7 Å². The molecule has 0 spiro atoms. The minimum absolute atomic E-state index is 0.419. The van der Waals surface area contributed by atoms with Crippen molar-refractivity contribution in [3.63, 3.8) is 0 Å². The van der Waals surface area contributed by atoms with Gasteiger partial charge < -0.3 is 10.1 Å². The minimum Gasteiger partial charge on any atom is -0.490 e. The number of hydrogen-bond acceptors (Lipinski definition) is 2. The van der Waals surface area contributed by atoms with Gasteiger partial charge in [0, 0.05) is 6.04 Å². The third-order valence-electron chi connectivity index (χ3n) is 3.57. The molecule has 2 nitrogen and oxygen atoms in total. The van der Waals surface area contributed by atoms with E-state index in [0.717, 1.165) is 5.75 Å². The van der Waals surface area contributed by atoms with Gasteiger partial charge in [-0.3, -0.25) is 0 Å². The fourth-order valence-corrected chi connectivity index (χ4v) is 2.18. The van der Waals surface area contributed by atoms with Crippen LogP contribution in [-0.4, -0.2) is 13.2 Å². The summed E-state index contributed by atoms with van der Waals surface area (Å²) >= 11 is 0. The van der Waals surface area contributed by atoms with Gasteiger partial charge >= 0.3 is 0 Å². The van der Waals surface area contributed by atoms with Crippen molar-refractivity contribution in [2.24, 2.45) is 5.92 Å². The van der Waals surface area contributed by atoms with Crippen molar-refractivity contribution in [2.75, 3.05) is 7.05 Å². The summed E-state index contributed by atoms with van der Waals surface area (Å²) in [7, 11) is 2.03. The highest BCUT2D eigenvalue weighted by molar-refractivity contribution is 5.31. The Morgan fingerprint density at radius 1 is 1.41 bits per heavy atom. The van der Waals surface area contributed by atoms with E-state index in [-0.39, 0.29) is 0 Å². The Bertz CT molecular complexity index is 360. The zero-order valence-corrected chi connectivity index (χ0v) is 11.1. The summed E-state index contributed by atoms with van der Waals surface area (Å²) in [5.41, 5.74) is 1.33. The van der Waals surface area contributed by atoms with Gasteiger partial charge in [-0.15, -0.1) is 0 Å². The van der Waals surface area contributed by atoms with Crippen molar-refractivity contribution < 1.29 is 4.74 Å². The maximum absolute atomic E-state index is 5.85. The maximum atomic E-state index is 5.85. The van der Waals surface area contributed by atoms with Crippen molar-refractivity contribution in [2.45, 2.75) is 45.3 Å². The molecule has 2 heteroatoms. The second kappa shape index (κ2) is 5.54. The number of ether oxygens (including phenoxy) is 1. The van der Waals surface area contributed by atoms with Crippen LogP contribution in [0.5, 0.6) is 5.75 Å². The van der Waals surface area contributed by atoms with Crippen LogP contribution in [0.3, 0.4) is 0 Å². The molecule has 2 rings (SSSR count). The molecule has 1 saturated carbocycles. The van der Waals surface area contributed by atoms with Crippen molar-refractivity contribution in [1.82, 2.24) is 5.32 Å². The van der Waals surface area contributed by atoms with Gasteiger partial charge in [-0.2, -0.15) is 0 Å². The lowest BCUT2D eigenvalue weighted by Gasteiger charge is -2.23. The molecule has 1 aliphatic rings. The number of rotatable bonds is 6. The third-order valence-corrected chi connectivity index (χ3v) is 3.57. The van der Waals surface area contributed by atoms with Gasteiger partial charge in [-0.05, 0) is 43.5 Å². The second-order valence-electron chi connectivity index (χ2n) is 5.04. The lowest BCUT2D eigenvalue weighted by atomic mass is 9.92. The summed E-state index contributed by atoms with van der Waals surface area (Å²) in [4.78, 5) is 0. The van der Waals surface area contributed by atoms with E-state index < -0.39 is 0 Å². The minimum atomic E-state index is 0.419. The van der Waals surface area contributed by atoms with E-state index in [9.17, 15) is 0 Å². The molecule has 0 aromatic heterocycles. The zero-order valence-electron chi connectivity index (χ0n) is 11.1. The summed E-state index contributed by atoms with van der Waals surface area (Å²) in [6, 6.07) is 8.95. The first-order valence-corrected chi connectivity index (χ1v) is 6.68. The van der Waals surface area contributed by atoms with Crippen LogP contribution in [0.15, 0.2) is 24.3 Å². The van der Waals surface area contributed by atoms with E-state index in [1.165, 1.54) is 24.8 Å². The normalized spacial score (nSPS) is 18.8. The maximum Gasteiger partial charge on any atom is 0.120 e. The lowest BCUT2D eigenvalue weighted by Crippen LogP contribution is -2.23. The van der Waals surface area contributed by atoms with Gasteiger partial charge in [0.2, 0.25) is 0 Å². The van der Waals surface area contributed by atoms with E-state index in [2.05, 4.69) is 43.4 Å². The molecule has 94 valence electrons. The predicted molar refractivity (Wildman–Crippen MR) is 71.3 cm³/mol. The van der Waals surface area contributed by atoms with Crippen LogP contribution in [0.4, 0.5) is 0 Å². The fraction of sp³-hybridized carbons (Fsp3) is 0.600. The standard InChI is InChI=1S/C15H23NO/c1-4-11(2)15(16-3)12-6-5-7-14(10-12)17-13-8-9-13/h5-7,10-11,13,15-16H,4,8-9H2,1-3H3. The molecule has 0 aliphatic heterocycles. The lowest BCUT2D eigenvalue weighted by molar-refractivity contribution is 0.302. The third kappa shape index (κ3) is 3.22. The Balaban J connectivity index is 2.11. The summed E-state index contributed by atoms with van der Waals surface area (Å²) in [5, 5.41) is 3.41. The van der Waals surface area contributed by atoms with Gasteiger partial charge in [0.1, 0.15) is 5.75 Å². The molecule has 17 heavy (non-hydrogen) atoms. The van der Waals surface area contributed by atoms with Crippen molar-refractivity contribution in [3.8, 4) is 5.75 Å². The molecule has 2 atom stereocenters. The molecule has 1 N–H and O–H groups in total. The van der Waals surface area contributed by atoms with Crippen molar-refractivity contribution >= 4 is 0 Å². The highest BCUT2D eigenvalue weighted by atomic mass is 16.5. The smallest absolute Gasteiger partial charge is 0.120 e. The molecule has 0 heterocycles. The first-order valence-electron chi connectivity index (χ1n) is 6.68. The van der Waals surface area contributed by atoms with Gasteiger partial charge in [-0.25, -0.2) is 0 Å². The summed E-state index contributed by atoms with van der Waals surface area (Å²) in [6.07, 6.45) is 4.08. The monoisotopic (exact) mass is 233 g/mol. The van der Waals surface area contributed by atoms with Crippen LogP contribution < -0.4 is 10.1 Å². The molecule has 2 unspecified atom stereocenters. The predicted octanol–water partition coefficient (Wildman–Crippen LogP) is 3.53. The van der Waals surface area contributed by atoms with Crippen molar-refractivity contribution in [1.29, 1.82) is 0 Å². The number of hydrogen-bond donors (Lipinski definition) is 1. The molecule has 1 aliphatic carbocycles. The highest BCUT2D eigenvalue weighted by Crippen LogP contribution is 2.30. The van der Waals surface area contributed by atoms with E-state index in [0.29, 0.717) is 18.1 Å². The van der Waals surface area contributed by atoms with E-state index in [1.807, 2.05) is 7.05 Å². The average molecular weight is 233 g/mol. The Kier molecular flexibility index (Phi) is 4.06. The van der Waals surface area contributed by atoms with Crippen molar-refractivity contribution in [3.05, 3.63) is 29.8 Å². The topological polar surface area (TPSA) is 21.3 Å². The Morgan fingerprint density at radius 3 is 2.76 bits per heavy atom. The van der Waals surface area contributed by atoms with Gasteiger partial charge in [0.05, 0.1) is 6.10 Å². The van der Waals surface area contributed by atoms with E-state index in [4.69, 9.17) is 4.74 Å². The second-order valence-corrected chi connectivity index (χ2v) is 5.04. The molecule has 0 amide bonds. The number of benzene rings is 1. The fourth-order valence-electron chi connectivity index (χ4n) is 2.18.